The summed E-state index contributed by atoms with van der Waals surface area (Å²) in [5.41, 5.74) is 4.82. The summed E-state index contributed by atoms with van der Waals surface area (Å²) in [5.74, 6) is 0.350. The Balaban J connectivity index is 0.000000745. The molecule has 0 bridgehead atoms. The second kappa shape index (κ2) is 8.78. The van der Waals surface area contributed by atoms with Crippen LogP contribution >= 0.6 is 11.6 Å². The van der Waals surface area contributed by atoms with Gasteiger partial charge in [0.25, 0.3) is 5.91 Å². The minimum Gasteiger partial charge on any atom is -0.322 e. The number of hydrogen-bond acceptors (Lipinski definition) is 3. The Hall–Kier alpha value is -2.42. The van der Waals surface area contributed by atoms with Crippen LogP contribution in [0, 0.1) is 13.8 Å². The van der Waals surface area contributed by atoms with Gasteiger partial charge >= 0.3 is 6.15 Å². The van der Waals surface area contributed by atoms with Crippen molar-refractivity contribution in [3.05, 3.63) is 64.7 Å². The van der Waals surface area contributed by atoms with E-state index < -0.39 is 0 Å². The fourth-order valence-corrected chi connectivity index (χ4v) is 1.95. The van der Waals surface area contributed by atoms with Gasteiger partial charge in [0.15, 0.2) is 0 Å². The van der Waals surface area contributed by atoms with E-state index in [-0.39, 0.29) is 12.1 Å². The molecule has 1 N–H and O–H groups in total. The monoisotopic (exact) mass is 317 g/mol. The van der Waals surface area contributed by atoms with Gasteiger partial charge in [-0.15, -0.1) is 11.6 Å². The van der Waals surface area contributed by atoms with Gasteiger partial charge < -0.3 is 5.32 Å². The molecule has 4 nitrogen and oxygen atoms in total. The molecule has 5 heteroatoms. The zero-order valence-electron chi connectivity index (χ0n) is 12.4. The Morgan fingerprint density at radius 1 is 1.05 bits per heavy atom. The van der Waals surface area contributed by atoms with E-state index in [0.717, 1.165) is 16.8 Å². The highest BCUT2D eigenvalue weighted by Crippen LogP contribution is 2.15. The van der Waals surface area contributed by atoms with Gasteiger partial charge in [-0.25, -0.2) is 0 Å². The van der Waals surface area contributed by atoms with Crippen molar-refractivity contribution in [2.24, 2.45) is 0 Å². The second-order valence-corrected chi connectivity index (χ2v) is 4.93. The van der Waals surface area contributed by atoms with Crippen LogP contribution in [0.15, 0.2) is 42.5 Å². The maximum Gasteiger partial charge on any atom is 0.373 e. The molecule has 22 heavy (non-hydrogen) atoms. The lowest BCUT2D eigenvalue weighted by Gasteiger charge is -2.08. The number of hydrogen-bond donors (Lipinski definition) is 1. The van der Waals surface area contributed by atoms with Crippen LogP contribution in [0.4, 0.5) is 5.69 Å². The van der Waals surface area contributed by atoms with Crippen LogP contribution in [0.5, 0.6) is 0 Å². The molecule has 0 saturated heterocycles. The zero-order valence-corrected chi connectivity index (χ0v) is 13.1. The van der Waals surface area contributed by atoms with E-state index in [2.05, 4.69) is 5.32 Å². The maximum atomic E-state index is 12.1. The van der Waals surface area contributed by atoms with Crippen molar-refractivity contribution < 1.29 is 14.4 Å². The van der Waals surface area contributed by atoms with Gasteiger partial charge in [-0.3, -0.25) is 4.79 Å². The lowest BCUT2D eigenvalue weighted by Crippen LogP contribution is -2.11. The molecule has 0 fully saturated rings. The molecule has 0 aromatic heterocycles. The van der Waals surface area contributed by atoms with Gasteiger partial charge in [0, 0.05) is 17.1 Å². The molecular weight excluding hydrogens is 302 g/mol. The highest BCUT2D eigenvalue weighted by atomic mass is 35.5. The minimum atomic E-state index is -0.107. The molecule has 0 heterocycles. The van der Waals surface area contributed by atoms with Crippen LogP contribution in [0.3, 0.4) is 0 Å². The van der Waals surface area contributed by atoms with Crippen LogP contribution in [0.2, 0.25) is 0 Å². The normalized spacial score (nSPS) is 9.23. The number of nitrogens with one attached hydrogen (secondary N) is 1. The lowest BCUT2D eigenvalue weighted by atomic mass is 10.1. The first kappa shape index (κ1) is 17.6. The number of aryl methyl sites for hydroxylation is 2. The average molecular weight is 318 g/mol. The number of benzene rings is 2. The SMILES string of the molecule is Cc1ccc(NC(=O)c2ccc(CCl)cc2)cc1C.O=C=O. The summed E-state index contributed by atoms with van der Waals surface area (Å²) in [5, 5.41) is 2.89. The molecular formula is C17H16ClNO3. The standard InChI is InChI=1S/C16H16ClNO.CO2/c1-11-3-8-15(9-12(11)2)18-16(19)14-6-4-13(10-17)5-7-14;2-1-3/h3-9H,10H2,1-2H3,(H,18,19);. The predicted octanol–water partition coefficient (Wildman–Crippen LogP) is 3.71. The van der Waals surface area contributed by atoms with Gasteiger partial charge in [-0.2, -0.15) is 9.59 Å². The Bertz CT molecular complexity index is 675. The van der Waals surface area contributed by atoms with Crippen LogP contribution in [0.25, 0.3) is 0 Å². The summed E-state index contributed by atoms with van der Waals surface area (Å²) in [4.78, 5) is 28.3. The Kier molecular flexibility index (Phi) is 7.03. The summed E-state index contributed by atoms with van der Waals surface area (Å²) in [6, 6.07) is 13.2. The molecule has 0 saturated carbocycles. The third-order valence-corrected chi connectivity index (χ3v) is 3.44. The lowest BCUT2D eigenvalue weighted by molar-refractivity contribution is -0.191. The minimum absolute atomic E-state index is 0.107. The molecule has 2 aromatic rings. The third-order valence-electron chi connectivity index (χ3n) is 3.14. The summed E-state index contributed by atoms with van der Waals surface area (Å²) in [6.07, 6.45) is 0.250. The van der Waals surface area contributed by atoms with E-state index in [1.807, 2.05) is 44.2 Å². The van der Waals surface area contributed by atoms with E-state index in [4.69, 9.17) is 21.2 Å². The van der Waals surface area contributed by atoms with Crippen LogP contribution in [0.1, 0.15) is 27.0 Å². The molecule has 0 unspecified atom stereocenters. The van der Waals surface area contributed by atoms with E-state index in [9.17, 15) is 4.79 Å². The Labute approximate surface area is 134 Å². The smallest absolute Gasteiger partial charge is 0.322 e. The number of alkyl halides is 1. The molecule has 2 rings (SSSR count). The summed E-state index contributed by atoms with van der Waals surface area (Å²) in [6.45, 7) is 4.08. The molecule has 0 radical (unpaired) electrons. The van der Waals surface area contributed by atoms with Crippen molar-refractivity contribution in [3.8, 4) is 0 Å². The average Bonchev–Trinajstić information content (AvgIpc) is 2.52. The number of carbonyl (C=O) groups is 1. The summed E-state index contributed by atoms with van der Waals surface area (Å²) >= 11 is 5.72. The Morgan fingerprint density at radius 3 is 2.14 bits per heavy atom. The first-order chi connectivity index (χ1) is 10.5. The van der Waals surface area contributed by atoms with Gasteiger partial charge in [0.2, 0.25) is 0 Å². The van der Waals surface area contributed by atoms with Gasteiger partial charge in [0.05, 0.1) is 0 Å². The quantitative estimate of drug-likeness (QED) is 0.878. The highest BCUT2D eigenvalue weighted by molar-refractivity contribution is 6.17. The van der Waals surface area contributed by atoms with Crippen molar-refractivity contribution in [2.75, 3.05) is 5.32 Å². The van der Waals surface area contributed by atoms with Crippen molar-refractivity contribution in [3.63, 3.8) is 0 Å². The zero-order chi connectivity index (χ0) is 16.5. The number of rotatable bonds is 3. The third kappa shape index (κ3) is 5.17. The van der Waals surface area contributed by atoms with Gasteiger partial charge in [-0.05, 0) is 54.8 Å². The molecule has 0 spiro atoms. The van der Waals surface area contributed by atoms with E-state index in [1.54, 1.807) is 12.1 Å². The fraction of sp³-hybridized carbons (Fsp3) is 0.176. The van der Waals surface area contributed by atoms with Crippen LogP contribution < -0.4 is 5.32 Å². The summed E-state index contributed by atoms with van der Waals surface area (Å²) in [7, 11) is 0. The largest absolute Gasteiger partial charge is 0.373 e. The Morgan fingerprint density at radius 2 is 1.64 bits per heavy atom. The van der Waals surface area contributed by atoms with Crippen LogP contribution in [-0.4, -0.2) is 12.1 Å². The van der Waals surface area contributed by atoms with Crippen molar-refractivity contribution >= 4 is 29.3 Å². The number of carbonyl (C=O) groups excluding carboxylic acids is 3. The predicted molar refractivity (Wildman–Crippen MR) is 84.9 cm³/mol. The maximum absolute atomic E-state index is 12.1. The number of amides is 1. The molecule has 0 aliphatic rings. The highest BCUT2D eigenvalue weighted by Gasteiger charge is 2.06. The van der Waals surface area contributed by atoms with Crippen molar-refractivity contribution in [2.45, 2.75) is 19.7 Å². The van der Waals surface area contributed by atoms with E-state index in [1.165, 1.54) is 5.56 Å². The van der Waals surface area contributed by atoms with Crippen molar-refractivity contribution in [1.29, 1.82) is 0 Å². The molecule has 0 aliphatic carbocycles. The second-order valence-electron chi connectivity index (χ2n) is 4.67. The van der Waals surface area contributed by atoms with E-state index >= 15 is 0 Å². The number of halogens is 1. The molecule has 0 atom stereocenters. The fourth-order valence-electron chi connectivity index (χ4n) is 1.77. The topological polar surface area (TPSA) is 63.2 Å². The van der Waals surface area contributed by atoms with Crippen molar-refractivity contribution in [1.82, 2.24) is 0 Å². The van der Waals surface area contributed by atoms with Gasteiger partial charge in [-0.1, -0.05) is 18.2 Å². The number of anilines is 1. The molecule has 114 valence electrons. The molecule has 2 aromatic carbocycles. The first-order valence-electron chi connectivity index (χ1n) is 6.54. The summed E-state index contributed by atoms with van der Waals surface area (Å²) < 4.78 is 0. The van der Waals surface area contributed by atoms with Gasteiger partial charge in [0.1, 0.15) is 0 Å². The first-order valence-corrected chi connectivity index (χ1v) is 7.08. The molecule has 1 amide bonds. The van der Waals surface area contributed by atoms with E-state index in [0.29, 0.717) is 11.4 Å². The van der Waals surface area contributed by atoms with Crippen LogP contribution in [-0.2, 0) is 15.5 Å². The molecule has 0 aliphatic heterocycles.